The first-order valence-corrected chi connectivity index (χ1v) is 6.82. The number of benzene rings is 1. The second-order valence-electron chi connectivity index (χ2n) is 5.16. The van der Waals surface area contributed by atoms with Crippen LogP contribution in [0.5, 0.6) is 0 Å². The zero-order chi connectivity index (χ0) is 13.0. The molecule has 1 aromatic carbocycles. The summed E-state index contributed by atoms with van der Waals surface area (Å²) in [7, 11) is 0. The van der Waals surface area contributed by atoms with Crippen molar-refractivity contribution in [3.8, 4) is 0 Å². The van der Waals surface area contributed by atoms with Gasteiger partial charge < -0.3 is 10.5 Å². The van der Waals surface area contributed by atoms with Gasteiger partial charge in [-0.3, -0.25) is 4.90 Å². The summed E-state index contributed by atoms with van der Waals surface area (Å²) in [6.07, 6.45) is 0. The van der Waals surface area contributed by atoms with Crippen molar-refractivity contribution in [2.45, 2.75) is 31.8 Å². The Morgan fingerprint density at radius 1 is 1.39 bits per heavy atom. The zero-order valence-corrected chi connectivity index (χ0v) is 11.4. The van der Waals surface area contributed by atoms with Crippen LogP contribution in [0.25, 0.3) is 0 Å². The monoisotopic (exact) mass is 248 g/mol. The smallest absolute Gasteiger partial charge is 0.0619 e. The molecule has 0 saturated carbocycles. The Bertz CT molecular complexity index is 355. The molecule has 3 atom stereocenters. The lowest BCUT2D eigenvalue weighted by Crippen LogP contribution is -2.53. The van der Waals surface area contributed by atoms with Crippen molar-refractivity contribution in [1.29, 1.82) is 0 Å². The summed E-state index contributed by atoms with van der Waals surface area (Å²) in [4.78, 5) is 2.50. The van der Waals surface area contributed by atoms with Gasteiger partial charge in [-0.25, -0.2) is 0 Å². The van der Waals surface area contributed by atoms with Crippen LogP contribution in [0.1, 0.15) is 25.3 Å². The van der Waals surface area contributed by atoms with Crippen LogP contribution in [-0.2, 0) is 4.74 Å². The summed E-state index contributed by atoms with van der Waals surface area (Å²) in [6, 6.07) is 11.5. The van der Waals surface area contributed by atoms with E-state index in [4.69, 9.17) is 10.5 Å². The highest BCUT2D eigenvalue weighted by Gasteiger charge is 2.29. The fourth-order valence-corrected chi connectivity index (χ4v) is 2.84. The van der Waals surface area contributed by atoms with Gasteiger partial charge in [0, 0.05) is 25.2 Å². The zero-order valence-electron chi connectivity index (χ0n) is 11.4. The van der Waals surface area contributed by atoms with Gasteiger partial charge in [0.05, 0.1) is 13.2 Å². The van der Waals surface area contributed by atoms with E-state index in [1.54, 1.807) is 0 Å². The molecule has 0 amide bonds. The molecule has 3 nitrogen and oxygen atoms in total. The predicted octanol–water partition coefficient (Wildman–Crippen LogP) is 1.84. The fourth-order valence-electron chi connectivity index (χ4n) is 2.84. The summed E-state index contributed by atoms with van der Waals surface area (Å²) in [6.45, 7) is 7.82. The van der Waals surface area contributed by atoms with Crippen LogP contribution in [0.2, 0.25) is 0 Å². The minimum atomic E-state index is 0.395. The van der Waals surface area contributed by atoms with Crippen LogP contribution in [0.15, 0.2) is 30.3 Å². The molecule has 2 rings (SSSR count). The van der Waals surface area contributed by atoms with E-state index in [2.05, 4.69) is 49.1 Å². The van der Waals surface area contributed by atoms with Crippen LogP contribution in [0.3, 0.4) is 0 Å². The highest BCUT2D eigenvalue weighted by Crippen LogP contribution is 2.25. The first kappa shape index (κ1) is 13.5. The Morgan fingerprint density at radius 3 is 2.72 bits per heavy atom. The molecular formula is C15H24N2O. The van der Waals surface area contributed by atoms with Gasteiger partial charge >= 0.3 is 0 Å². The van der Waals surface area contributed by atoms with Crippen LogP contribution in [0, 0.1) is 0 Å². The quantitative estimate of drug-likeness (QED) is 0.883. The van der Waals surface area contributed by atoms with Crippen molar-refractivity contribution >= 4 is 0 Å². The third kappa shape index (κ3) is 2.91. The molecule has 0 aliphatic carbocycles. The normalized spacial score (nSPS) is 24.7. The molecule has 3 unspecified atom stereocenters. The topological polar surface area (TPSA) is 38.5 Å². The van der Waals surface area contributed by atoms with Crippen LogP contribution in [-0.4, -0.2) is 43.3 Å². The lowest BCUT2D eigenvalue weighted by molar-refractivity contribution is -0.0246. The average molecular weight is 248 g/mol. The Balaban J connectivity index is 2.12. The average Bonchev–Trinajstić information content (AvgIpc) is 2.42. The molecule has 100 valence electrons. The van der Waals surface area contributed by atoms with Gasteiger partial charge in [-0.1, -0.05) is 37.3 Å². The van der Waals surface area contributed by atoms with E-state index >= 15 is 0 Å². The molecule has 0 aromatic heterocycles. The lowest BCUT2D eigenvalue weighted by Gasteiger charge is -2.41. The Labute approximate surface area is 110 Å². The van der Waals surface area contributed by atoms with E-state index in [1.807, 2.05) is 0 Å². The second kappa shape index (κ2) is 6.32. The minimum absolute atomic E-state index is 0.395. The maximum absolute atomic E-state index is 6.02. The van der Waals surface area contributed by atoms with Crippen LogP contribution in [0.4, 0.5) is 0 Å². The number of nitrogens with zero attached hydrogens (tertiary/aromatic N) is 1. The number of ether oxygens (including phenoxy) is 1. The molecule has 1 fully saturated rings. The highest BCUT2D eigenvalue weighted by atomic mass is 16.5. The van der Waals surface area contributed by atoms with Crippen molar-refractivity contribution < 1.29 is 4.74 Å². The van der Waals surface area contributed by atoms with Crippen molar-refractivity contribution in [3.05, 3.63) is 35.9 Å². The molecular weight excluding hydrogens is 224 g/mol. The van der Waals surface area contributed by atoms with Gasteiger partial charge in [0.15, 0.2) is 0 Å². The van der Waals surface area contributed by atoms with Gasteiger partial charge in [0.2, 0.25) is 0 Å². The van der Waals surface area contributed by atoms with Crippen molar-refractivity contribution in [1.82, 2.24) is 4.90 Å². The summed E-state index contributed by atoms with van der Waals surface area (Å²) >= 11 is 0. The fraction of sp³-hybridized carbons (Fsp3) is 0.600. The molecule has 0 bridgehead atoms. The van der Waals surface area contributed by atoms with Crippen molar-refractivity contribution in [2.24, 2.45) is 5.73 Å². The molecule has 0 radical (unpaired) electrons. The van der Waals surface area contributed by atoms with Crippen molar-refractivity contribution in [2.75, 3.05) is 26.3 Å². The maximum atomic E-state index is 6.02. The first-order valence-electron chi connectivity index (χ1n) is 6.82. The molecule has 18 heavy (non-hydrogen) atoms. The first-order chi connectivity index (χ1) is 8.74. The van der Waals surface area contributed by atoms with Gasteiger partial charge in [0.25, 0.3) is 0 Å². The summed E-state index contributed by atoms with van der Waals surface area (Å²) < 4.78 is 5.51. The molecule has 2 N–H and O–H groups in total. The van der Waals surface area contributed by atoms with Gasteiger partial charge in [-0.05, 0) is 18.4 Å². The third-order valence-electron chi connectivity index (χ3n) is 3.99. The van der Waals surface area contributed by atoms with E-state index in [0.29, 0.717) is 24.5 Å². The molecule has 3 heteroatoms. The molecule has 1 aliphatic heterocycles. The molecule has 1 aliphatic rings. The molecule has 1 heterocycles. The maximum Gasteiger partial charge on any atom is 0.0619 e. The number of hydrogen-bond acceptors (Lipinski definition) is 3. The summed E-state index contributed by atoms with van der Waals surface area (Å²) in [5, 5.41) is 0. The Kier molecular flexibility index (Phi) is 4.75. The molecule has 1 aromatic rings. The van der Waals surface area contributed by atoms with Gasteiger partial charge in [-0.2, -0.15) is 0 Å². The number of hydrogen-bond donors (Lipinski definition) is 1. The number of morpholine rings is 1. The Morgan fingerprint density at radius 2 is 2.11 bits per heavy atom. The van der Waals surface area contributed by atoms with Crippen molar-refractivity contribution in [3.63, 3.8) is 0 Å². The number of nitrogens with two attached hydrogens (primary N) is 1. The van der Waals surface area contributed by atoms with E-state index < -0.39 is 0 Å². The predicted molar refractivity (Wildman–Crippen MR) is 74.7 cm³/mol. The van der Waals surface area contributed by atoms with Gasteiger partial charge in [0.1, 0.15) is 0 Å². The number of rotatable bonds is 4. The molecule has 1 saturated heterocycles. The minimum Gasteiger partial charge on any atom is -0.379 e. The second-order valence-corrected chi connectivity index (χ2v) is 5.16. The van der Waals surface area contributed by atoms with Gasteiger partial charge in [-0.15, -0.1) is 0 Å². The van der Waals surface area contributed by atoms with E-state index in [-0.39, 0.29) is 0 Å². The van der Waals surface area contributed by atoms with Crippen LogP contribution < -0.4 is 5.73 Å². The SMILES string of the molecule is CC(c1ccccc1)C(CN)N1CCOCC1C. The molecule has 0 spiro atoms. The van der Waals surface area contributed by atoms with E-state index in [9.17, 15) is 0 Å². The van der Waals surface area contributed by atoms with E-state index in [0.717, 1.165) is 19.8 Å². The Hall–Kier alpha value is -0.900. The summed E-state index contributed by atoms with van der Waals surface area (Å²) in [5.74, 6) is 0.455. The van der Waals surface area contributed by atoms with Crippen LogP contribution >= 0.6 is 0 Å². The standard InChI is InChI=1S/C15H24N2O/c1-12-11-18-9-8-17(12)15(10-16)13(2)14-6-4-3-5-7-14/h3-7,12-13,15H,8-11,16H2,1-2H3. The lowest BCUT2D eigenvalue weighted by atomic mass is 9.91. The third-order valence-corrected chi connectivity index (χ3v) is 3.99. The van der Waals surface area contributed by atoms with E-state index in [1.165, 1.54) is 5.56 Å². The highest BCUT2D eigenvalue weighted by molar-refractivity contribution is 5.21. The summed E-state index contributed by atoms with van der Waals surface area (Å²) in [5.41, 5.74) is 7.39. The largest absolute Gasteiger partial charge is 0.379 e.